The number of carbonyl (C=O) groups excluding carboxylic acids is 1. The van der Waals surface area contributed by atoms with Crippen molar-refractivity contribution >= 4 is 5.91 Å². The first-order chi connectivity index (χ1) is 8.16. The molecule has 0 radical (unpaired) electrons. The quantitative estimate of drug-likeness (QED) is 0.795. The van der Waals surface area contributed by atoms with E-state index >= 15 is 0 Å². The highest BCUT2D eigenvalue weighted by Crippen LogP contribution is 2.37. The van der Waals surface area contributed by atoms with Crippen LogP contribution in [0.3, 0.4) is 0 Å². The number of nitrogens with one attached hydrogen (secondary N) is 1. The second kappa shape index (κ2) is 5.17. The minimum atomic E-state index is -0.284. The van der Waals surface area contributed by atoms with Gasteiger partial charge in [-0.25, -0.2) is 4.39 Å². The van der Waals surface area contributed by atoms with E-state index in [0.29, 0.717) is 24.8 Å². The molecular formula is C13H16FNO2. The van der Waals surface area contributed by atoms with Gasteiger partial charge < -0.3 is 10.1 Å². The molecule has 1 saturated carbocycles. The molecule has 0 heterocycles. The van der Waals surface area contributed by atoms with Crippen molar-refractivity contribution in [3.63, 3.8) is 0 Å². The smallest absolute Gasteiger partial charge is 0.223 e. The van der Waals surface area contributed by atoms with E-state index < -0.39 is 0 Å². The molecule has 1 amide bonds. The highest BCUT2D eigenvalue weighted by Gasteiger charge is 2.38. The highest BCUT2D eigenvalue weighted by molar-refractivity contribution is 5.81. The first kappa shape index (κ1) is 11.9. The van der Waals surface area contributed by atoms with Crippen LogP contribution in [0.2, 0.25) is 0 Å². The molecule has 1 aliphatic rings. The van der Waals surface area contributed by atoms with Gasteiger partial charge in [0.15, 0.2) is 0 Å². The molecule has 1 N–H and O–H groups in total. The van der Waals surface area contributed by atoms with E-state index in [1.54, 1.807) is 12.1 Å². The van der Waals surface area contributed by atoms with Crippen molar-refractivity contribution in [2.45, 2.75) is 13.3 Å². The molecule has 17 heavy (non-hydrogen) atoms. The molecule has 0 aromatic heterocycles. The molecule has 0 bridgehead atoms. The third-order valence-corrected chi connectivity index (χ3v) is 2.93. The third-order valence-electron chi connectivity index (χ3n) is 2.93. The van der Waals surface area contributed by atoms with Gasteiger partial charge in [0.2, 0.25) is 5.91 Å². The fraction of sp³-hybridized carbons (Fsp3) is 0.462. The van der Waals surface area contributed by atoms with Gasteiger partial charge >= 0.3 is 0 Å². The number of hydrogen-bond acceptors (Lipinski definition) is 2. The van der Waals surface area contributed by atoms with E-state index in [0.717, 1.165) is 6.42 Å². The van der Waals surface area contributed by atoms with Crippen molar-refractivity contribution in [3.8, 4) is 5.75 Å². The van der Waals surface area contributed by atoms with Crippen molar-refractivity contribution in [1.82, 2.24) is 5.32 Å². The van der Waals surface area contributed by atoms with E-state index in [-0.39, 0.29) is 17.6 Å². The molecule has 2 atom stereocenters. The summed E-state index contributed by atoms with van der Waals surface area (Å²) in [7, 11) is 0. The molecule has 4 heteroatoms. The summed E-state index contributed by atoms with van der Waals surface area (Å²) in [5, 5.41) is 2.82. The second-order valence-electron chi connectivity index (χ2n) is 4.41. The summed E-state index contributed by atoms with van der Waals surface area (Å²) in [5.74, 6) is 1.16. The van der Waals surface area contributed by atoms with Crippen molar-refractivity contribution in [2.24, 2.45) is 11.8 Å². The SMILES string of the molecule is C[C@@H]1C[C@@H]1C(=O)NCCOc1ccc(F)cc1. The lowest BCUT2D eigenvalue weighted by molar-refractivity contribution is -0.122. The third kappa shape index (κ3) is 3.44. The first-order valence-corrected chi connectivity index (χ1v) is 5.83. The monoisotopic (exact) mass is 237 g/mol. The molecular weight excluding hydrogens is 221 g/mol. The number of rotatable bonds is 5. The van der Waals surface area contributed by atoms with Crippen LogP contribution in [0.1, 0.15) is 13.3 Å². The normalized spacial score (nSPS) is 22.0. The Kier molecular flexibility index (Phi) is 3.61. The lowest BCUT2D eigenvalue weighted by atomic mass is 10.3. The van der Waals surface area contributed by atoms with E-state index in [1.165, 1.54) is 12.1 Å². The van der Waals surface area contributed by atoms with Gasteiger partial charge in [-0.1, -0.05) is 6.92 Å². The fourth-order valence-electron chi connectivity index (χ4n) is 1.69. The number of benzene rings is 1. The van der Waals surface area contributed by atoms with Gasteiger partial charge in [0, 0.05) is 5.92 Å². The van der Waals surface area contributed by atoms with Crippen LogP contribution >= 0.6 is 0 Å². The maximum atomic E-state index is 12.6. The standard InChI is InChI=1S/C13H16FNO2/c1-9-8-12(9)13(16)15-6-7-17-11-4-2-10(14)3-5-11/h2-5,9,12H,6-8H2,1H3,(H,15,16)/t9-,12+/m1/s1. The minimum absolute atomic E-state index is 0.111. The van der Waals surface area contributed by atoms with Gasteiger partial charge in [-0.2, -0.15) is 0 Å². The summed E-state index contributed by atoms with van der Waals surface area (Å²) in [6.45, 7) is 2.96. The summed E-state index contributed by atoms with van der Waals surface area (Å²) in [6, 6.07) is 5.83. The number of ether oxygens (including phenoxy) is 1. The summed E-state index contributed by atoms with van der Waals surface area (Å²) < 4.78 is 18.0. The summed E-state index contributed by atoms with van der Waals surface area (Å²) >= 11 is 0. The second-order valence-corrected chi connectivity index (χ2v) is 4.41. The fourth-order valence-corrected chi connectivity index (χ4v) is 1.69. The Morgan fingerprint density at radius 1 is 1.47 bits per heavy atom. The van der Waals surface area contributed by atoms with Gasteiger partial charge in [-0.05, 0) is 36.6 Å². The molecule has 1 aromatic carbocycles. The Labute approximate surface area is 100.0 Å². The summed E-state index contributed by atoms with van der Waals surface area (Å²) in [4.78, 5) is 11.5. The molecule has 1 aliphatic carbocycles. The van der Waals surface area contributed by atoms with Crippen molar-refractivity contribution in [2.75, 3.05) is 13.2 Å². The van der Waals surface area contributed by atoms with Crippen LogP contribution < -0.4 is 10.1 Å². The Hall–Kier alpha value is -1.58. The zero-order valence-corrected chi connectivity index (χ0v) is 9.78. The first-order valence-electron chi connectivity index (χ1n) is 5.83. The van der Waals surface area contributed by atoms with Crippen LogP contribution in [-0.4, -0.2) is 19.1 Å². The predicted octanol–water partition coefficient (Wildman–Crippen LogP) is 1.98. The molecule has 0 unspecified atom stereocenters. The molecule has 0 spiro atoms. The van der Waals surface area contributed by atoms with Crippen molar-refractivity contribution in [3.05, 3.63) is 30.1 Å². The molecule has 0 aliphatic heterocycles. The topological polar surface area (TPSA) is 38.3 Å². The van der Waals surface area contributed by atoms with E-state index in [4.69, 9.17) is 4.74 Å². The van der Waals surface area contributed by atoms with Crippen LogP contribution in [-0.2, 0) is 4.79 Å². The van der Waals surface area contributed by atoms with Gasteiger partial charge in [0.25, 0.3) is 0 Å². The zero-order valence-electron chi connectivity index (χ0n) is 9.78. The Morgan fingerprint density at radius 3 is 2.71 bits per heavy atom. The minimum Gasteiger partial charge on any atom is -0.492 e. The predicted molar refractivity (Wildman–Crippen MR) is 62.2 cm³/mol. The maximum Gasteiger partial charge on any atom is 0.223 e. The number of amides is 1. The highest BCUT2D eigenvalue weighted by atomic mass is 19.1. The number of hydrogen-bond donors (Lipinski definition) is 1. The number of carbonyl (C=O) groups is 1. The zero-order chi connectivity index (χ0) is 12.3. The Balaban J connectivity index is 1.63. The molecule has 3 nitrogen and oxygen atoms in total. The lowest BCUT2D eigenvalue weighted by Gasteiger charge is -2.07. The largest absolute Gasteiger partial charge is 0.492 e. The van der Waals surface area contributed by atoms with Crippen molar-refractivity contribution in [1.29, 1.82) is 0 Å². The van der Waals surface area contributed by atoms with Crippen LogP contribution in [0.25, 0.3) is 0 Å². The van der Waals surface area contributed by atoms with Crippen LogP contribution in [0.15, 0.2) is 24.3 Å². The summed E-state index contributed by atoms with van der Waals surface area (Å²) in [5.41, 5.74) is 0. The van der Waals surface area contributed by atoms with Gasteiger partial charge in [0.05, 0.1) is 6.54 Å². The van der Waals surface area contributed by atoms with Crippen LogP contribution in [0, 0.1) is 17.7 Å². The Bertz CT molecular complexity index is 391. The average Bonchev–Trinajstić information content (AvgIpc) is 3.04. The number of halogens is 1. The van der Waals surface area contributed by atoms with Gasteiger partial charge in [-0.15, -0.1) is 0 Å². The molecule has 1 fully saturated rings. The van der Waals surface area contributed by atoms with E-state index in [1.807, 2.05) is 0 Å². The molecule has 0 saturated heterocycles. The van der Waals surface area contributed by atoms with E-state index in [2.05, 4.69) is 12.2 Å². The average molecular weight is 237 g/mol. The van der Waals surface area contributed by atoms with E-state index in [9.17, 15) is 9.18 Å². The summed E-state index contributed by atoms with van der Waals surface area (Å²) in [6.07, 6.45) is 0.991. The molecule has 2 rings (SSSR count). The van der Waals surface area contributed by atoms with Crippen LogP contribution in [0.5, 0.6) is 5.75 Å². The molecule has 92 valence electrons. The maximum absolute atomic E-state index is 12.6. The van der Waals surface area contributed by atoms with Crippen LogP contribution in [0.4, 0.5) is 4.39 Å². The lowest BCUT2D eigenvalue weighted by Crippen LogP contribution is -2.29. The molecule has 1 aromatic rings. The van der Waals surface area contributed by atoms with Gasteiger partial charge in [0.1, 0.15) is 18.2 Å². The Morgan fingerprint density at radius 2 is 2.12 bits per heavy atom. The van der Waals surface area contributed by atoms with Crippen molar-refractivity contribution < 1.29 is 13.9 Å². The van der Waals surface area contributed by atoms with Gasteiger partial charge in [-0.3, -0.25) is 4.79 Å².